The Labute approximate surface area is 274 Å². The van der Waals surface area contributed by atoms with E-state index in [0.29, 0.717) is 16.8 Å². The first kappa shape index (κ1) is 35.0. The van der Waals surface area contributed by atoms with Crippen LogP contribution in [0.15, 0.2) is 60.8 Å². The highest BCUT2D eigenvalue weighted by molar-refractivity contribution is 6.30. The molecule has 0 aliphatic rings. The molecule has 2 atom stereocenters. The molecule has 2 aromatic heterocycles. The zero-order valence-corrected chi connectivity index (χ0v) is 27.0. The number of carbonyl (C=O) groups is 2. The molecule has 0 aliphatic heterocycles. The van der Waals surface area contributed by atoms with Crippen molar-refractivity contribution < 1.29 is 37.0 Å². The van der Waals surface area contributed by atoms with Crippen molar-refractivity contribution in [3.05, 3.63) is 82.6 Å². The van der Waals surface area contributed by atoms with Gasteiger partial charge in [-0.2, -0.15) is 23.3 Å². The molecule has 2 heterocycles. The predicted octanol–water partition coefficient (Wildman–Crippen LogP) is 6.55. The number of halogens is 4. The lowest BCUT2D eigenvalue weighted by molar-refractivity contribution is -0.198. The molecule has 3 N–H and O–H groups in total. The second-order valence-electron chi connectivity index (χ2n) is 11.4. The van der Waals surface area contributed by atoms with Crippen molar-refractivity contribution in [3.8, 4) is 22.8 Å². The van der Waals surface area contributed by atoms with Crippen molar-refractivity contribution in [1.82, 2.24) is 25.1 Å². The molecule has 0 fully saturated rings. The van der Waals surface area contributed by atoms with Gasteiger partial charge < -0.3 is 25.3 Å². The fourth-order valence-electron chi connectivity index (χ4n) is 4.50. The van der Waals surface area contributed by atoms with Crippen LogP contribution >= 0.6 is 11.6 Å². The molecule has 2 aromatic carbocycles. The van der Waals surface area contributed by atoms with Crippen LogP contribution in [0.5, 0.6) is 5.88 Å². The van der Waals surface area contributed by atoms with Crippen LogP contribution in [-0.2, 0) is 20.7 Å². The molecule has 47 heavy (non-hydrogen) atoms. The maximum Gasteiger partial charge on any atom is 0.429 e. The first-order valence-corrected chi connectivity index (χ1v) is 14.9. The number of carbonyl (C=O) groups excluding carboxylic acids is 2. The van der Waals surface area contributed by atoms with Crippen LogP contribution < -0.4 is 15.8 Å². The average Bonchev–Trinajstić information content (AvgIpc) is 3.40. The molecule has 15 heteroatoms. The first-order chi connectivity index (χ1) is 22.0. The van der Waals surface area contributed by atoms with Crippen LogP contribution in [-0.4, -0.2) is 56.2 Å². The Morgan fingerprint density at radius 1 is 1.04 bits per heavy atom. The summed E-state index contributed by atoms with van der Waals surface area (Å²) < 4.78 is 60.6. The van der Waals surface area contributed by atoms with E-state index >= 15 is 0 Å². The van der Waals surface area contributed by atoms with Gasteiger partial charge in [0.2, 0.25) is 17.9 Å². The maximum atomic E-state index is 14.5. The highest BCUT2D eigenvalue weighted by atomic mass is 35.5. The standard InChI is InChI=1S/C32H34ClF3N6O5/c1-6-45-28(43)24(39-30(44)47-31(3,4)5)15-19-7-9-20(10-8-19)23-17-26(40-29(37)38-23)46-27(32(34,35)36)22-12-11-21(33)16-25(22)42-14-13-18(2)41-42/h7-14,16-17,24,27H,6,15H2,1-5H3,(H,39,44)(H2,37,38,40)/t24-,27?/m0/s1. The van der Waals surface area contributed by atoms with E-state index in [2.05, 4.69) is 20.4 Å². The Morgan fingerprint density at radius 2 is 1.74 bits per heavy atom. The van der Waals surface area contributed by atoms with Gasteiger partial charge in [-0.25, -0.2) is 19.3 Å². The topological polar surface area (TPSA) is 143 Å². The molecule has 4 aromatic rings. The summed E-state index contributed by atoms with van der Waals surface area (Å²) >= 11 is 6.13. The molecule has 250 valence electrons. The molecule has 0 bridgehead atoms. The highest BCUT2D eigenvalue weighted by Crippen LogP contribution is 2.40. The van der Waals surface area contributed by atoms with Gasteiger partial charge in [-0.15, -0.1) is 0 Å². The Morgan fingerprint density at radius 3 is 2.34 bits per heavy atom. The zero-order chi connectivity index (χ0) is 34.5. The molecule has 4 rings (SSSR count). The Kier molecular flexibility index (Phi) is 10.6. The summed E-state index contributed by atoms with van der Waals surface area (Å²) in [5.74, 6) is -1.37. The van der Waals surface area contributed by atoms with Crippen molar-refractivity contribution in [2.45, 2.75) is 65.0 Å². The van der Waals surface area contributed by atoms with Gasteiger partial charge in [0.15, 0.2) is 0 Å². The van der Waals surface area contributed by atoms with Crippen LogP contribution in [0.1, 0.15) is 50.6 Å². The molecule has 11 nitrogen and oxygen atoms in total. The molecule has 0 aliphatic carbocycles. The number of hydrogen-bond acceptors (Lipinski definition) is 9. The van der Waals surface area contributed by atoms with Crippen molar-refractivity contribution in [2.75, 3.05) is 12.3 Å². The summed E-state index contributed by atoms with van der Waals surface area (Å²) in [5.41, 5.74) is 6.85. The summed E-state index contributed by atoms with van der Waals surface area (Å²) in [6, 6.07) is 12.4. The molecular weight excluding hydrogens is 641 g/mol. The van der Waals surface area contributed by atoms with E-state index in [-0.39, 0.29) is 40.9 Å². The summed E-state index contributed by atoms with van der Waals surface area (Å²) in [4.78, 5) is 33.0. The fraction of sp³-hybridized carbons (Fsp3) is 0.344. The van der Waals surface area contributed by atoms with Gasteiger partial charge >= 0.3 is 18.2 Å². The van der Waals surface area contributed by atoms with Gasteiger partial charge in [0.25, 0.3) is 0 Å². The van der Waals surface area contributed by atoms with Crippen molar-refractivity contribution in [1.29, 1.82) is 0 Å². The summed E-state index contributed by atoms with van der Waals surface area (Å²) in [7, 11) is 0. The van der Waals surface area contributed by atoms with E-state index in [0.717, 1.165) is 0 Å². The number of nitrogen functional groups attached to an aromatic ring is 1. The smallest absolute Gasteiger partial charge is 0.429 e. The minimum Gasteiger partial charge on any atom is -0.464 e. The summed E-state index contributed by atoms with van der Waals surface area (Å²) in [6.45, 7) is 8.55. The first-order valence-electron chi connectivity index (χ1n) is 14.5. The number of amides is 1. The molecule has 0 radical (unpaired) electrons. The van der Waals surface area contributed by atoms with Crippen LogP contribution in [0.4, 0.5) is 23.9 Å². The van der Waals surface area contributed by atoms with Crippen molar-refractivity contribution >= 4 is 29.6 Å². The average molecular weight is 675 g/mol. The minimum absolute atomic E-state index is 0.0745. The van der Waals surface area contributed by atoms with Crippen LogP contribution in [0.2, 0.25) is 5.02 Å². The highest BCUT2D eigenvalue weighted by Gasteiger charge is 2.45. The second kappa shape index (κ2) is 14.3. The molecule has 0 spiro atoms. The number of ether oxygens (including phenoxy) is 3. The summed E-state index contributed by atoms with van der Waals surface area (Å²) in [5, 5.41) is 6.98. The largest absolute Gasteiger partial charge is 0.464 e. The lowest BCUT2D eigenvalue weighted by Crippen LogP contribution is -2.45. The predicted molar refractivity (Wildman–Crippen MR) is 168 cm³/mol. The van der Waals surface area contributed by atoms with Gasteiger partial charge in [0, 0.05) is 34.8 Å². The lowest BCUT2D eigenvalue weighted by atomic mass is 10.0. The van der Waals surface area contributed by atoms with E-state index in [1.54, 1.807) is 65.0 Å². The molecule has 1 amide bonds. The van der Waals surface area contributed by atoms with E-state index in [1.165, 1.54) is 35.1 Å². The lowest BCUT2D eigenvalue weighted by Gasteiger charge is -2.24. The van der Waals surface area contributed by atoms with Gasteiger partial charge in [-0.05, 0) is 58.4 Å². The third kappa shape index (κ3) is 9.58. The number of nitrogens with two attached hydrogens (primary N) is 1. The quantitative estimate of drug-likeness (QED) is 0.179. The Balaban J connectivity index is 1.60. The second-order valence-corrected chi connectivity index (χ2v) is 11.9. The van der Waals surface area contributed by atoms with Gasteiger partial charge in [0.05, 0.1) is 23.7 Å². The molecule has 1 unspecified atom stereocenters. The van der Waals surface area contributed by atoms with Crippen molar-refractivity contribution in [2.24, 2.45) is 0 Å². The number of aromatic nitrogens is 4. The number of aryl methyl sites for hydroxylation is 1. The van der Waals surface area contributed by atoms with Gasteiger partial charge in [0.1, 0.15) is 11.6 Å². The SMILES string of the molecule is CCOC(=O)[C@H](Cc1ccc(-c2cc(OC(c3ccc(Cl)cc3-n3ccc(C)n3)C(F)(F)F)nc(N)n2)cc1)NC(=O)OC(C)(C)C. The van der Waals surface area contributed by atoms with E-state index in [1.807, 2.05) is 0 Å². The molecule has 0 saturated heterocycles. The van der Waals surface area contributed by atoms with Gasteiger partial charge in [-0.1, -0.05) is 41.9 Å². The molecular formula is C32H34ClF3N6O5. The van der Waals surface area contributed by atoms with E-state index in [4.69, 9.17) is 31.5 Å². The van der Waals surface area contributed by atoms with E-state index < -0.39 is 41.9 Å². The van der Waals surface area contributed by atoms with Gasteiger partial charge in [-0.3, -0.25) is 0 Å². The Bertz CT molecular complexity index is 1720. The van der Waals surface area contributed by atoms with Crippen LogP contribution in [0.3, 0.4) is 0 Å². The number of alkyl halides is 3. The molecule has 0 saturated carbocycles. The normalized spacial score (nSPS) is 13.0. The number of esters is 1. The van der Waals surface area contributed by atoms with E-state index in [9.17, 15) is 22.8 Å². The third-order valence-corrected chi connectivity index (χ3v) is 6.69. The van der Waals surface area contributed by atoms with Crippen LogP contribution in [0.25, 0.3) is 16.9 Å². The minimum atomic E-state index is -4.87. The number of benzene rings is 2. The number of nitrogens with one attached hydrogen (secondary N) is 1. The number of anilines is 1. The van der Waals surface area contributed by atoms with Crippen LogP contribution in [0, 0.1) is 6.92 Å². The zero-order valence-electron chi connectivity index (χ0n) is 26.3. The number of alkyl carbamates (subject to hydrolysis) is 1. The monoisotopic (exact) mass is 674 g/mol. The number of hydrogen-bond donors (Lipinski definition) is 2. The maximum absolute atomic E-state index is 14.5. The van der Waals surface area contributed by atoms with Crippen molar-refractivity contribution in [3.63, 3.8) is 0 Å². The number of rotatable bonds is 10. The Hall–Kier alpha value is -4.85. The summed E-state index contributed by atoms with van der Waals surface area (Å²) in [6.07, 6.45) is -6.51. The fourth-order valence-corrected chi connectivity index (χ4v) is 4.66. The third-order valence-electron chi connectivity index (χ3n) is 6.45. The number of nitrogens with zero attached hydrogens (tertiary/aromatic N) is 4.